The maximum absolute atomic E-state index is 12.8. The Morgan fingerprint density at radius 1 is 1.37 bits per heavy atom. The van der Waals surface area contributed by atoms with Gasteiger partial charge in [0.05, 0.1) is 22.8 Å². The van der Waals surface area contributed by atoms with Crippen LogP contribution in [-0.2, 0) is 19.6 Å². The van der Waals surface area contributed by atoms with Gasteiger partial charge in [0.2, 0.25) is 0 Å². The Balaban J connectivity index is 1.92. The molecule has 3 rings (SSSR count). The number of hydrogen-bond acceptors (Lipinski definition) is 7. The topological polar surface area (TPSA) is 111 Å². The smallest absolute Gasteiger partial charge is 0.341 e. The Labute approximate surface area is 160 Å². The Hall–Kier alpha value is -2.59. The molecule has 2 N–H and O–H groups in total. The van der Waals surface area contributed by atoms with Gasteiger partial charge in [-0.05, 0) is 45.0 Å². The minimum Gasteiger partial charge on any atom is -0.479 e. The molecule has 2 aromatic rings. The molecule has 0 fully saturated rings. The molecule has 1 aromatic carbocycles. The summed E-state index contributed by atoms with van der Waals surface area (Å²) >= 11 is 1.13. The van der Waals surface area contributed by atoms with Crippen LogP contribution in [0.2, 0.25) is 0 Å². The van der Waals surface area contributed by atoms with Gasteiger partial charge in [0.25, 0.3) is 15.9 Å². The summed E-state index contributed by atoms with van der Waals surface area (Å²) in [4.78, 5) is 24.5. The molecule has 0 aliphatic carbocycles. The predicted molar refractivity (Wildman–Crippen MR) is 101 cm³/mol. The minimum atomic E-state index is -3.99. The standard InChI is InChI=1S/C17H18N2O6S2/c1-4-24-17(21)12-7-9(2)26-16(12)19-27(22,23)11-5-6-14-13(8-11)18-15(20)10(3)25-14/h5-8,10,19H,4H2,1-3H3,(H,18,20). The first-order valence-electron chi connectivity index (χ1n) is 8.13. The molecule has 1 aromatic heterocycles. The number of amides is 1. The second-order valence-electron chi connectivity index (χ2n) is 5.83. The molecule has 0 spiro atoms. The highest BCUT2D eigenvalue weighted by molar-refractivity contribution is 7.93. The summed E-state index contributed by atoms with van der Waals surface area (Å²) < 4.78 is 38.3. The van der Waals surface area contributed by atoms with Crippen molar-refractivity contribution in [3.05, 3.63) is 34.7 Å². The number of hydrogen-bond donors (Lipinski definition) is 2. The van der Waals surface area contributed by atoms with Gasteiger partial charge in [0.15, 0.2) is 6.10 Å². The SMILES string of the molecule is CCOC(=O)c1cc(C)sc1NS(=O)(=O)c1ccc2c(c1)NC(=O)C(C)O2. The van der Waals surface area contributed by atoms with Crippen LogP contribution >= 0.6 is 11.3 Å². The van der Waals surface area contributed by atoms with Crippen LogP contribution in [0, 0.1) is 6.92 Å². The number of fused-ring (bicyclic) bond motifs is 1. The zero-order chi connectivity index (χ0) is 19.8. The third kappa shape index (κ3) is 3.91. The van der Waals surface area contributed by atoms with Crippen molar-refractivity contribution >= 4 is 43.9 Å². The summed E-state index contributed by atoms with van der Waals surface area (Å²) in [7, 11) is -3.99. The quantitative estimate of drug-likeness (QED) is 0.734. The van der Waals surface area contributed by atoms with E-state index in [1.165, 1.54) is 18.2 Å². The van der Waals surface area contributed by atoms with Gasteiger partial charge < -0.3 is 14.8 Å². The molecule has 1 aliphatic heterocycles. The van der Waals surface area contributed by atoms with E-state index in [1.54, 1.807) is 26.8 Å². The number of anilines is 2. The van der Waals surface area contributed by atoms with E-state index in [0.29, 0.717) is 5.75 Å². The second kappa shape index (κ2) is 7.20. The highest BCUT2D eigenvalue weighted by Crippen LogP contribution is 2.34. The maximum atomic E-state index is 12.8. The lowest BCUT2D eigenvalue weighted by molar-refractivity contribution is -0.122. The number of nitrogens with one attached hydrogen (secondary N) is 2. The fourth-order valence-electron chi connectivity index (χ4n) is 2.49. The van der Waals surface area contributed by atoms with Crippen molar-refractivity contribution in [3.8, 4) is 5.75 Å². The number of benzene rings is 1. The molecule has 1 atom stereocenters. The third-order valence-corrected chi connectivity index (χ3v) is 6.21. The van der Waals surface area contributed by atoms with Crippen molar-refractivity contribution in [2.45, 2.75) is 31.8 Å². The molecule has 0 radical (unpaired) electrons. The Morgan fingerprint density at radius 3 is 2.81 bits per heavy atom. The average molecular weight is 410 g/mol. The number of rotatable bonds is 5. The van der Waals surface area contributed by atoms with Crippen LogP contribution in [0.5, 0.6) is 5.75 Å². The van der Waals surface area contributed by atoms with E-state index in [4.69, 9.17) is 9.47 Å². The number of carbonyl (C=O) groups is 2. The summed E-state index contributed by atoms with van der Waals surface area (Å²) in [6.45, 7) is 5.22. The molecular formula is C17H18N2O6S2. The van der Waals surface area contributed by atoms with Crippen LogP contribution in [0.25, 0.3) is 0 Å². The Morgan fingerprint density at radius 2 is 2.11 bits per heavy atom. The first kappa shape index (κ1) is 19.2. The third-order valence-electron chi connectivity index (χ3n) is 3.77. The van der Waals surface area contributed by atoms with E-state index in [2.05, 4.69) is 10.0 Å². The molecule has 1 aliphatic rings. The number of carbonyl (C=O) groups excluding carboxylic acids is 2. The van der Waals surface area contributed by atoms with Crippen LogP contribution < -0.4 is 14.8 Å². The van der Waals surface area contributed by atoms with Crippen LogP contribution in [0.3, 0.4) is 0 Å². The molecule has 0 bridgehead atoms. The summed E-state index contributed by atoms with van der Waals surface area (Å²) in [5.41, 5.74) is 0.431. The Bertz CT molecular complexity index is 1010. The summed E-state index contributed by atoms with van der Waals surface area (Å²) in [6, 6.07) is 5.73. The summed E-state index contributed by atoms with van der Waals surface area (Å²) in [5, 5.41) is 2.79. The number of esters is 1. The largest absolute Gasteiger partial charge is 0.479 e. The first-order valence-corrected chi connectivity index (χ1v) is 10.4. The zero-order valence-corrected chi connectivity index (χ0v) is 16.5. The first-order chi connectivity index (χ1) is 12.7. The molecule has 0 saturated heterocycles. The van der Waals surface area contributed by atoms with Gasteiger partial charge in [-0.25, -0.2) is 13.2 Å². The van der Waals surface area contributed by atoms with Gasteiger partial charge in [0, 0.05) is 4.88 Å². The van der Waals surface area contributed by atoms with E-state index in [0.717, 1.165) is 16.2 Å². The fraction of sp³-hybridized carbons (Fsp3) is 0.294. The minimum absolute atomic E-state index is 0.0689. The monoisotopic (exact) mass is 410 g/mol. The predicted octanol–water partition coefficient (Wildman–Crippen LogP) is 2.75. The van der Waals surface area contributed by atoms with E-state index in [9.17, 15) is 18.0 Å². The molecule has 27 heavy (non-hydrogen) atoms. The fourth-order valence-corrected chi connectivity index (χ4v) is 4.73. The van der Waals surface area contributed by atoms with Gasteiger partial charge in [-0.1, -0.05) is 0 Å². The maximum Gasteiger partial charge on any atom is 0.341 e. The molecule has 2 heterocycles. The number of thiophene rings is 1. The van der Waals surface area contributed by atoms with Gasteiger partial charge in [-0.15, -0.1) is 11.3 Å². The Kier molecular flexibility index (Phi) is 5.11. The molecule has 1 unspecified atom stereocenters. The van der Waals surface area contributed by atoms with E-state index in [1.807, 2.05) is 0 Å². The van der Waals surface area contributed by atoms with Crippen LogP contribution in [-0.4, -0.2) is 33.0 Å². The van der Waals surface area contributed by atoms with Crippen molar-refractivity contribution in [1.29, 1.82) is 0 Å². The molecule has 10 heteroatoms. The van der Waals surface area contributed by atoms with Gasteiger partial charge in [0.1, 0.15) is 10.8 Å². The van der Waals surface area contributed by atoms with E-state index in [-0.39, 0.29) is 33.7 Å². The highest BCUT2D eigenvalue weighted by atomic mass is 32.2. The average Bonchev–Trinajstić information content (AvgIpc) is 2.95. The van der Waals surface area contributed by atoms with Crippen LogP contribution in [0.1, 0.15) is 29.1 Å². The molecular weight excluding hydrogens is 392 g/mol. The highest BCUT2D eigenvalue weighted by Gasteiger charge is 2.27. The van der Waals surface area contributed by atoms with Crippen molar-refractivity contribution in [1.82, 2.24) is 0 Å². The normalized spacial score (nSPS) is 16.1. The van der Waals surface area contributed by atoms with Crippen molar-refractivity contribution in [2.75, 3.05) is 16.6 Å². The molecule has 1 amide bonds. The van der Waals surface area contributed by atoms with E-state index >= 15 is 0 Å². The summed E-state index contributed by atoms with van der Waals surface area (Å²) in [6.07, 6.45) is -0.653. The van der Waals surface area contributed by atoms with Crippen molar-refractivity contribution in [3.63, 3.8) is 0 Å². The van der Waals surface area contributed by atoms with Crippen LogP contribution in [0.4, 0.5) is 10.7 Å². The van der Waals surface area contributed by atoms with Gasteiger partial charge in [-0.2, -0.15) is 0 Å². The number of ether oxygens (including phenoxy) is 2. The van der Waals surface area contributed by atoms with Crippen molar-refractivity contribution < 1.29 is 27.5 Å². The molecule has 144 valence electrons. The summed E-state index contributed by atoms with van der Waals surface area (Å²) in [5.74, 6) is -0.566. The molecule has 0 saturated carbocycles. The number of aryl methyl sites for hydroxylation is 1. The van der Waals surface area contributed by atoms with E-state index < -0.39 is 22.1 Å². The molecule has 8 nitrogen and oxygen atoms in total. The van der Waals surface area contributed by atoms with Gasteiger partial charge >= 0.3 is 5.97 Å². The van der Waals surface area contributed by atoms with Gasteiger partial charge in [-0.3, -0.25) is 9.52 Å². The van der Waals surface area contributed by atoms with Crippen LogP contribution in [0.15, 0.2) is 29.2 Å². The number of sulfonamides is 1. The lowest BCUT2D eigenvalue weighted by atomic mass is 10.2. The zero-order valence-electron chi connectivity index (χ0n) is 14.9. The second-order valence-corrected chi connectivity index (χ2v) is 8.77. The lowest BCUT2D eigenvalue weighted by Crippen LogP contribution is -2.34. The lowest BCUT2D eigenvalue weighted by Gasteiger charge is -2.23. The van der Waals surface area contributed by atoms with Crippen molar-refractivity contribution in [2.24, 2.45) is 0 Å².